The van der Waals surface area contributed by atoms with Crippen molar-refractivity contribution in [2.75, 3.05) is 31.5 Å². The third-order valence-electron chi connectivity index (χ3n) is 7.10. The molecule has 0 aliphatic carbocycles. The zero-order chi connectivity index (χ0) is 28.8. The molecule has 0 atom stereocenters. The van der Waals surface area contributed by atoms with Crippen molar-refractivity contribution in [2.24, 2.45) is 0 Å². The van der Waals surface area contributed by atoms with Gasteiger partial charge in [0.2, 0.25) is 5.91 Å². The van der Waals surface area contributed by atoms with E-state index in [9.17, 15) is 19.5 Å². The first-order chi connectivity index (χ1) is 19.9. The molecule has 1 aliphatic rings. The lowest BCUT2D eigenvalue weighted by Crippen LogP contribution is -2.47. The highest BCUT2D eigenvalue weighted by Gasteiger charge is 2.19. The maximum atomic E-state index is 12.9. The van der Waals surface area contributed by atoms with Crippen LogP contribution in [-0.2, 0) is 11.3 Å². The van der Waals surface area contributed by atoms with E-state index in [1.807, 2.05) is 59.5 Å². The number of anilines is 1. The second-order valence-corrected chi connectivity index (χ2v) is 9.94. The van der Waals surface area contributed by atoms with E-state index in [1.165, 1.54) is 0 Å². The average molecular weight is 550 g/mol. The van der Waals surface area contributed by atoms with Crippen molar-refractivity contribution in [1.29, 1.82) is 0 Å². The maximum Gasteiger partial charge on any atom is 0.337 e. The highest BCUT2D eigenvalue weighted by molar-refractivity contribution is 6.08. The molecular formula is C33H31N3O5. The molecule has 0 spiro atoms. The van der Waals surface area contributed by atoms with Gasteiger partial charge in [0.15, 0.2) is 0 Å². The van der Waals surface area contributed by atoms with Crippen LogP contribution in [0.1, 0.15) is 33.2 Å². The summed E-state index contributed by atoms with van der Waals surface area (Å²) < 4.78 is 5.77. The zero-order valence-electron chi connectivity index (χ0n) is 22.7. The summed E-state index contributed by atoms with van der Waals surface area (Å²) in [6.07, 6.45) is 0. The van der Waals surface area contributed by atoms with E-state index in [0.29, 0.717) is 17.1 Å². The van der Waals surface area contributed by atoms with Gasteiger partial charge in [-0.1, -0.05) is 48.5 Å². The minimum Gasteiger partial charge on any atom is -0.478 e. The van der Waals surface area contributed by atoms with Crippen LogP contribution in [0.4, 0.5) is 5.69 Å². The number of carboxylic acids is 1. The minimum atomic E-state index is -1.13. The van der Waals surface area contributed by atoms with Crippen molar-refractivity contribution < 1.29 is 24.2 Å². The van der Waals surface area contributed by atoms with Crippen molar-refractivity contribution >= 4 is 23.5 Å². The molecule has 1 fully saturated rings. The second kappa shape index (κ2) is 12.5. The fraction of sp³-hybridized carbons (Fsp3) is 0.182. The molecule has 208 valence electrons. The average Bonchev–Trinajstić information content (AvgIpc) is 2.99. The zero-order valence-corrected chi connectivity index (χ0v) is 22.7. The van der Waals surface area contributed by atoms with Crippen LogP contribution < -0.4 is 10.1 Å². The molecule has 0 saturated carbocycles. The van der Waals surface area contributed by atoms with Crippen LogP contribution >= 0.6 is 0 Å². The maximum absolute atomic E-state index is 12.9. The monoisotopic (exact) mass is 549 g/mol. The number of nitrogens with zero attached hydrogens (tertiary/aromatic N) is 2. The number of aromatic carboxylic acids is 1. The van der Waals surface area contributed by atoms with Crippen LogP contribution in [0.15, 0.2) is 97.1 Å². The fourth-order valence-electron chi connectivity index (χ4n) is 4.78. The summed E-state index contributed by atoms with van der Waals surface area (Å²) in [6, 6.07) is 29.0. The molecule has 8 heteroatoms. The number of hydrogen-bond donors (Lipinski definition) is 2. The number of carbonyl (C=O) groups excluding carboxylic acids is 2. The number of rotatable bonds is 8. The van der Waals surface area contributed by atoms with Gasteiger partial charge in [0.1, 0.15) is 11.5 Å². The Balaban J connectivity index is 1.23. The van der Waals surface area contributed by atoms with Crippen LogP contribution in [0.2, 0.25) is 0 Å². The molecule has 2 N–H and O–H groups in total. The third-order valence-corrected chi connectivity index (χ3v) is 7.10. The first kappa shape index (κ1) is 27.6. The largest absolute Gasteiger partial charge is 0.478 e. The predicted octanol–water partition coefficient (Wildman–Crippen LogP) is 5.76. The Morgan fingerprint density at radius 1 is 0.780 bits per heavy atom. The highest BCUT2D eigenvalue weighted by Crippen LogP contribution is 2.27. The highest BCUT2D eigenvalue weighted by atomic mass is 16.5. The Morgan fingerprint density at radius 2 is 1.41 bits per heavy atom. The van der Waals surface area contributed by atoms with E-state index in [2.05, 4.69) is 10.2 Å². The van der Waals surface area contributed by atoms with Gasteiger partial charge in [-0.25, -0.2) is 4.79 Å². The lowest BCUT2D eigenvalue weighted by Gasteiger charge is -2.34. The topological polar surface area (TPSA) is 99.2 Å². The van der Waals surface area contributed by atoms with E-state index >= 15 is 0 Å². The van der Waals surface area contributed by atoms with Gasteiger partial charge < -0.3 is 20.1 Å². The molecule has 0 aromatic heterocycles. The summed E-state index contributed by atoms with van der Waals surface area (Å²) in [4.78, 5) is 40.7. The lowest BCUT2D eigenvalue weighted by atomic mass is 10.00. The summed E-state index contributed by atoms with van der Waals surface area (Å²) in [6.45, 7) is 5.54. The lowest BCUT2D eigenvalue weighted by molar-refractivity contribution is -0.130. The number of nitrogens with one attached hydrogen (secondary N) is 1. The predicted molar refractivity (Wildman–Crippen MR) is 157 cm³/mol. The van der Waals surface area contributed by atoms with E-state index in [1.54, 1.807) is 49.4 Å². The molecule has 1 aliphatic heterocycles. The number of benzene rings is 4. The minimum absolute atomic E-state index is 0.00676. The standard InChI is InChI=1S/C33H31N3O5/c1-23(37)36-19-17-35(18-20-36)22-24-7-9-25(10-8-24)27-13-16-31(30(21-27)33(39)40)34-32(38)26-11-14-29(15-12-26)41-28-5-3-2-4-6-28/h2-16,21H,17-20,22H2,1H3,(H,34,38)(H,39,40). The molecular weight excluding hydrogens is 518 g/mol. The van der Waals surface area contributed by atoms with E-state index in [-0.39, 0.29) is 17.2 Å². The van der Waals surface area contributed by atoms with E-state index in [0.717, 1.165) is 49.4 Å². The first-order valence-corrected chi connectivity index (χ1v) is 13.4. The number of carbonyl (C=O) groups is 3. The van der Waals surface area contributed by atoms with Crippen molar-refractivity contribution in [1.82, 2.24) is 9.80 Å². The van der Waals surface area contributed by atoms with Crippen molar-refractivity contribution in [3.05, 3.63) is 114 Å². The van der Waals surface area contributed by atoms with Gasteiger partial charge in [0.05, 0.1) is 11.3 Å². The Bertz CT molecular complexity index is 1530. The molecule has 4 aromatic carbocycles. The Morgan fingerprint density at radius 3 is 2.05 bits per heavy atom. The van der Waals surface area contributed by atoms with Crippen LogP contribution in [0.3, 0.4) is 0 Å². The summed E-state index contributed by atoms with van der Waals surface area (Å²) in [5.74, 6) is -0.154. The Labute approximate surface area is 238 Å². The quantitative estimate of drug-likeness (QED) is 0.290. The summed E-state index contributed by atoms with van der Waals surface area (Å²) in [5, 5.41) is 12.6. The molecule has 4 aromatic rings. The number of ether oxygens (including phenoxy) is 1. The number of carboxylic acid groups (broad SMARTS) is 1. The molecule has 8 nitrogen and oxygen atoms in total. The summed E-state index contributed by atoms with van der Waals surface area (Å²) in [7, 11) is 0. The summed E-state index contributed by atoms with van der Waals surface area (Å²) in [5.41, 5.74) is 3.37. The van der Waals surface area contributed by atoms with Gasteiger partial charge in [-0.05, 0) is 65.2 Å². The van der Waals surface area contributed by atoms with Gasteiger partial charge in [-0.2, -0.15) is 0 Å². The SMILES string of the molecule is CC(=O)N1CCN(Cc2ccc(-c3ccc(NC(=O)c4ccc(Oc5ccccc5)cc4)c(C(=O)O)c3)cc2)CC1. The Kier molecular flexibility index (Phi) is 8.41. The van der Waals surface area contributed by atoms with Gasteiger partial charge in [-0.3, -0.25) is 14.5 Å². The van der Waals surface area contributed by atoms with Gasteiger partial charge >= 0.3 is 5.97 Å². The Hall–Kier alpha value is -4.95. The number of piperazine rings is 1. The molecule has 1 saturated heterocycles. The van der Waals surface area contributed by atoms with Crippen LogP contribution in [0.25, 0.3) is 11.1 Å². The molecule has 2 amide bonds. The van der Waals surface area contributed by atoms with Gasteiger partial charge in [0.25, 0.3) is 5.91 Å². The number of hydrogen-bond acceptors (Lipinski definition) is 5. The molecule has 0 unspecified atom stereocenters. The molecule has 41 heavy (non-hydrogen) atoms. The normalized spacial score (nSPS) is 13.4. The number of amides is 2. The number of para-hydroxylation sites is 1. The van der Waals surface area contributed by atoms with Gasteiger partial charge in [-0.15, -0.1) is 0 Å². The third kappa shape index (κ3) is 6.98. The van der Waals surface area contributed by atoms with Crippen LogP contribution in [0.5, 0.6) is 11.5 Å². The van der Waals surface area contributed by atoms with Crippen molar-refractivity contribution in [2.45, 2.75) is 13.5 Å². The van der Waals surface area contributed by atoms with Crippen molar-refractivity contribution in [3.8, 4) is 22.6 Å². The van der Waals surface area contributed by atoms with Crippen molar-refractivity contribution in [3.63, 3.8) is 0 Å². The van der Waals surface area contributed by atoms with E-state index < -0.39 is 11.9 Å². The molecule has 1 heterocycles. The molecule has 0 radical (unpaired) electrons. The van der Waals surface area contributed by atoms with Gasteiger partial charge in [0, 0.05) is 45.2 Å². The molecule has 0 bridgehead atoms. The van der Waals surface area contributed by atoms with Crippen LogP contribution in [0, 0.1) is 0 Å². The second-order valence-electron chi connectivity index (χ2n) is 9.94. The fourth-order valence-corrected chi connectivity index (χ4v) is 4.78. The first-order valence-electron chi connectivity index (χ1n) is 13.4. The van der Waals surface area contributed by atoms with E-state index in [4.69, 9.17) is 4.74 Å². The smallest absolute Gasteiger partial charge is 0.337 e. The van der Waals surface area contributed by atoms with Crippen LogP contribution in [-0.4, -0.2) is 58.9 Å². The summed E-state index contributed by atoms with van der Waals surface area (Å²) >= 11 is 0. The molecule has 5 rings (SSSR count).